The molecule has 0 bridgehead atoms. The highest BCUT2D eigenvalue weighted by Crippen LogP contribution is 2.59. The average molecular weight is 403 g/mol. The van der Waals surface area contributed by atoms with Crippen LogP contribution in [0.4, 0.5) is 0 Å². The van der Waals surface area contributed by atoms with Crippen molar-refractivity contribution in [3.63, 3.8) is 0 Å². The van der Waals surface area contributed by atoms with Crippen molar-refractivity contribution in [3.05, 3.63) is 11.1 Å². The van der Waals surface area contributed by atoms with Gasteiger partial charge in [-0.15, -0.1) is 0 Å². The Hall–Kier alpha value is -1.32. The molecule has 2 saturated carbocycles. The highest BCUT2D eigenvalue weighted by atomic mass is 16.6. The van der Waals surface area contributed by atoms with Crippen molar-refractivity contribution in [1.82, 2.24) is 0 Å². The second kappa shape index (κ2) is 7.42. The SMILES string of the molecule is CC(C)CC(=O)OCC1CCC([C@@]2(C)CCCC(C)(C)C2)=C2C[C@H]3C(=O)O[C@H]3C21. The third-order valence-electron chi connectivity index (χ3n) is 8.02. The topological polar surface area (TPSA) is 52.6 Å². The van der Waals surface area contributed by atoms with Gasteiger partial charge in [-0.3, -0.25) is 9.59 Å². The van der Waals surface area contributed by atoms with Crippen LogP contribution in [0.15, 0.2) is 11.1 Å². The molecule has 3 aliphatic carbocycles. The summed E-state index contributed by atoms with van der Waals surface area (Å²) in [5, 5.41) is 0. The number of rotatable bonds is 5. The molecule has 29 heavy (non-hydrogen) atoms. The Morgan fingerprint density at radius 2 is 2.00 bits per heavy atom. The van der Waals surface area contributed by atoms with Crippen LogP contribution in [0.2, 0.25) is 0 Å². The fraction of sp³-hybridized carbons (Fsp3) is 0.840. The molecular formula is C25H38O4. The van der Waals surface area contributed by atoms with E-state index in [4.69, 9.17) is 9.47 Å². The number of carbonyl (C=O) groups is 2. The Morgan fingerprint density at radius 1 is 1.24 bits per heavy atom. The summed E-state index contributed by atoms with van der Waals surface area (Å²) in [5.74, 6) is 0.771. The second-order valence-corrected chi connectivity index (χ2v) is 11.6. The van der Waals surface area contributed by atoms with Gasteiger partial charge in [0.05, 0.1) is 12.5 Å². The third-order valence-corrected chi connectivity index (χ3v) is 8.02. The van der Waals surface area contributed by atoms with Crippen molar-refractivity contribution in [2.45, 2.75) is 92.1 Å². The van der Waals surface area contributed by atoms with Crippen molar-refractivity contribution in [2.75, 3.05) is 6.61 Å². The molecule has 0 aromatic carbocycles. The molecule has 1 heterocycles. The molecule has 0 aromatic rings. The fourth-order valence-electron chi connectivity index (χ4n) is 6.92. The van der Waals surface area contributed by atoms with E-state index in [1.165, 1.54) is 31.3 Å². The van der Waals surface area contributed by atoms with Gasteiger partial charge in [-0.1, -0.05) is 52.2 Å². The van der Waals surface area contributed by atoms with Gasteiger partial charge >= 0.3 is 11.9 Å². The van der Waals surface area contributed by atoms with E-state index in [1.807, 2.05) is 13.8 Å². The minimum absolute atomic E-state index is 0.0156. The lowest BCUT2D eigenvalue weighted by molar-refractivity contribution is -0.187. The number of ether oxygens (including phenoxy) is 2. The number of carbonyl (C=O) groups excluding carboxylic acids is 2. The molecule has 3 fully saturated rings. The van der Waals surface area contributed by atoms with E-state index in [9.17, 15) is 9.59 Å². The van der Waals surface area contributed by atoms with Crippen LogP contribution in [0.25, 0.3) is 0 Å². The molecule has 4 aliphatic rings. The van der Waals surface area contributed by atoms with Gasteiger partial charge in [0, 0.05) is 18.3 Å². The molecule has 0 aromatic heterocycles. The highest BCUT2D eigenvalue weighted by Gasteiger charge is 2.59. The van der Waals surface area contributed by atoms with Gasteiger partial charge in [-0.2, -0.15) is 0 Å². The molecule has 4 nitrogen and oxygen atoms in total. The number of esters is 2. The summed E-state index contributed by atoms with van der Waals surface area (Å²) < 4.78 is 11.3. The van der Waals surface area contributed by atoms with E-state index >= 15 is 0 Å². The average Bonchev–Trinajstić information content (AvgIpc) is 2.91. The summed E-state index contributed by atoms with van der Waals surface area (Å²) in [7, 11) is 0. The molecule has 0 spiro atoms. The van der Waals surface area contributed by atoms with Crippen molar-refractivity contribution in [1.29, 1.82) is 0 Å². The molecule has 2 unspecified atom stereocenters. The van der Waals surface area contributed by atoms with Gasteiger partial charge in [0.1, 0.15) is 6.10 Å². The van der Waals surface area contributed by atoms with Gasteiger partial charge < -0.3 is 9.47 Å². The summed E-state index contributed by atoms with van der Waals surface area (Å²) in [6, 6.07) is 0. The summed E-state index contributed by atoms with van der Waals surface area (Å²) >= 11 is 0. The predicted octanol–water partition coefficient (Wildman–Crippen LogP) is 5.45. The zero-order chi connectivity index (χ0) is 21.0. The van der Waals surface area contributed by atoms with Gasteiger partial charge in [-0.25, -0.2) is 0 Å². The first-order valence-electron chi connectivity index (χ1n) is 11.7. The Balaban J connectivity index is 1.57. The van der Waals surface area contributed by atoms with Gasteiger partial charge in [-0.05, 0) is 55.3 Å². The molecule has 5 atom stereocenters. The van der Waals surface area contributed by atoms with Crippen LogP contribution in [-0.4, -0.2) is 24.6 Å². The van der Waals surface area contributed by atoms with Crippen LogP contribution in [0.3, 0.4) is 0 Å². The molecular weight excluding hydrogens is 364 g/mol. The smallest absolute Gasteiger partial charge is 0.313 e. The molecule has 4 heteroatoms. The lowest BCUT2D eigenvalue weighted by atomic mass is 9.58. The van der Waals surface area contributed by atoms with E-state index in [1.54, 1.807) is 5.57 Å². The first-order valence-corrected chi connectivity index (χ1v) is 11.7. The van der Waals surface area contributed by atoms with Crippen molar-refractivity contribution < 1.29 is 19.1 Å². The van der Waals surface area contributed by atoms with Crippen molar-refractivity contribution >= 4 is 11.9 Å². The Kier molecular flexibility index (Phi) is 5.36. The molecule has 4 rings (SSSR count). The number of allylic oxidation sites excluding steroid dienone is 1. The van der Waals surface area contributed by atoms with E-state index in [-0.39, 0.29) is 41.2 Å². The lowest BCUT2D eigenvalue weighted by Gasteiger charge is -2.48. The Bertz CT molecular complexity index is 718. The quantitative estimate of drug-likeness (QED) is 0.453. The maximum atomic E-state index is 12.1. The van der Waals surface area contributed by atoms with Gasteiger partial charge in [0.25, 0.3) is 0 Å². The first kappa shape index (κ1) is 20.9. The lowest BCUT2D eigenvalue weighted by Crippen LogP contribution is -2.47. The Morgan fingerprint density at radius 3 is 2.66 bits per heavy atom. The standard InChI is InChI=1S/C25H38O4/c1-15(2)11-20(26)28-13-16-7-8-19(25(5)10-6-9-24(3,4)14-25)17-12-18-22(21(16)17)29-23(18)27/h15-16,18,21-22H,6-14H2,1-5H3/t16?,18-,21?,22-,25+/m1/s1. The summed E-state index contributed by atoms with van der Waals surface area (Å²) in [6.45, 7) is 11.8. The van der Waals surface area contributed by atoms with Crippen LogP contribution >= 0.6 is 0 Å². The Labute approximate surface area is 175 Å². The minimum atomic E-state index is -0.0996. The van der Waals surface area contributed by atoms with Crippen LogP contribution in [0.5, 0.6) is 0 Å². The third kappa shape index (κ3) is 3.88. The maximum absolute atomic E-state index is 12.1. The monoisotopic (exact) mass is 402 g/mol. The van der Waals surface area contributed by atoms with Crippen LogP contribution in [-0.2, 0) is 19.1 Å². The van der Waals surface area contributed by atoms with E-state index in [0.29, 0.717) is 24.4 Å². The first-order chi connectivity index (χ1) is 13.6. The summed E-state index contributed by atoms with van der Waals surface area (Å²) in [5.41, 5.74) is 3.72. The van der Waals surface area contributed by atoms with Gasteiger partial charge in [0.2, 0.25) is 0 Å². The fourth-order valence-corrected chi connectivity index (χ4v) is 6.92. The van der Waals surface area contributed by atoms with E-state index < -0.39 is 0 Å². The summed E-state index contributed by atoms with van der Waals surface area (Å²) in [6.07, 6.45) is 8.54. The molecule has 0 radical (unpaired) electrons. The number of hydrogen-bond donors (Lipinski definition) is 0. The molecule has 0 N–H and O–H groups in total. The van der Waals surface area contributed by atoms with Crippen LogP contribution in [0, 0.1) is 34.5 Å². The second-order valence-electron chi connectivity index (χ2n) is 11.6. The number of fused-ring (bicyclic) bond motifs is 3. The van der Waals surface area contributed by atoms with Crippen molar-refractivity contribution in [2.24, 2.45) is 34.5 Å². The predicted molar refractivity (Wildman–Crippen MR) is 112 cm³/mol. The molecule has 1 saturated heterocycles. The highest BCUT2D eigenvalue weighted by molar-refractivity contribution is 5.80. The minimum Gasteiger partial charge on any atom is -0.465 e. The van der Waals surface area contributed by atoms with E-state index in [0.717, 1.165) is 19.3 Å². The van der Waals surface area contributed by atoms with Crippen molar-refractivity contribution in [3.8, 4) is 0 Å². The zero-order valence-corrected chi connectivity index (χ0v) is 18.9. The van der Waals surface area contributed by atoms with Crippen LogP contribution < -0.4 is 0 Å². The maximum Gasteiger partial charge on any atom is 0.313 e. The number of hydrogen-bond acceptors (Lipinski definition) is 4. The largest absolute Gasteiger partial charge is 0.465 e. The summed E-state index contributed by atoms with van der Waals surface area (Å²) in [4.78, 5) is 24.2. The van der Waals surface area contributed by atoms with Gasteiger partial charge in [0.15, 0.2) is 0 Å². The van der Waals surface area contributed by atoms with Crippen LogP contribution in [0.1, 0.15) is 86.0 Å². The molecule has 1 aliphatic heterocycles. The molecule has 0 amide bonds. The molecule has 162 valence electrons. The van der Waals surface area contributed by atoms with E-state index in [2.05, 4.69) is 20.8 Å². The zero-order valence-electron chi connectivity index (χ0n) is 18.9. The normalized spacial score (nSPS) is 38.2.